The second kappa shape index (κ2) is 6.39. The molecule has 2 amide bonds. The number of hydrogen-bond donors (Lipinski definition) is 3. The van der Waals surface area contributed by atoms with Gasteiger partial charge in [-0.05, 0) is 16.3 Å². The van der Waals surface area contributed by atoms with Crippen molar-refractivity contribution in [3.05, 3.63) is 66.2 Å². The van der Waals surface area contributed by atoms with Crippen molar-refractivity contribution in [2.24, 2.45) is 0 Å². The summed E-state index contributed by atoms with van der Waals surface area (Å²) in [5, 5.41) is 7.91. The van der Waals surface area contributed by atoms with Crippen molar-refractivity contribution in [2.75, 3.05) is 0 Å². The second-order valence-electron chi connectivity index (χ2n) is 6.25. The first kappa shape index (κ1) is 15.4. The first-order valence-corrected chi connectivity index (χ1v) is 8.25. The normalized spacial score (nSPS) is 20.3. The van der Waals surface area contributed by atoms with Gasteiger partial charge in [0.2, 0.25) is 11.8 Å². The number of hydrogen-bond acceptors (Lipinski definition) is 3. The van der Waals surface area contributed by atoms with Gasteiger partial charge in [0.05, 0.1) is 6.33 Å². The van der Waals surface area contributed by atoms with Crippen LogP contribution in [0.3, 0.4) is 0 Å². The zero-order chi connectivity index (χ0) is 17.2. The van der Waals surface area contributed by atoms with E-state index in [0.717, 1.165) is 22.0 Å². The molecule has 0 unspecified atom stereocenters. The van der Waals surface area contributed by atoms with Gasteiger partial charge in [-0.2, -0.15) is 0 Å². The SMILES string of the molecule is O=C1N[C@@H](Cc2cccc3ccccc23)C(=O)N[C@H]1Cc1cnc[nH]1. The number of benzene rings is 2. The largest absolute Gasteiger partial charge is 0.348 e. The van der Waals surface area contributed by atoms with Gasteiger partial charge in [-0.15, -0.1) is 0 Å². The van der Waals surface area contributed by atoms with Gasteiger partial charge in [-0.25, -0.2) is 4.98 Å². The van der Waals surface area contributed by atoms with E-state index in [-0.39, 0.29) is 11.8 Å². The van der Waals surface area contributed by atoms with E-state index in [1.54, 1.807) is 12.5 Å². The van der Waals surface area contributed by atoms with Gasteiger partial charge in [0.15, 0.2) is 0 Å². The topological polar surface area (TPSA) is 86.9 Å². The van der Waals surface area contributed by atoms with E-state index in [2.05, 4.69) is 20.6 Å². The molecule has 4 rings (SSSR count). The summed E-state index contributed by atoms with van der Waals surface area (Å²) in [5.41, 5.74) is 1.86. The van der Waals surface area contributed by atoms with Crippen LogP contribution in [-0.4, -0.2) is 33.9 Å². The van der Waals surface area contributed by atoms with Crippen LogP contribution in [0, 0.1) is 0 Å². The number of fused-ring (bicyclic) bond motifs is 1. The summed E-state index contributed by atoms with van der Waals surface area (Å²) >= 11 is 0. The third-order valence-electron chi connectivity index (χ3n) is 4.55. The monoisotopic (exact) mass is 334 g/mol. The second-order valence-corrected chi connectivity index (χ2v) is 6.25. The Morgan fingerprint density at radius 3 is 2.36 bits per heavy atom. The average Bonchev–Trinajstić information content (AvgIpc) is 3.13. The standard InChI is InChI=1S/C19H18N4O2/c24-18-16(8-13-6-3-5-12-4-1-2-7-15(12)13)22-19(25)17(23-18)9-14-10-20-11-21-14/h1-7,10-11,16-17H,8-9H2,(H,20,21)(H,22,25)(H,23,24)/t16-,17-/m0/s1. The zero-order valence-electron chi connectivity index (χ0n) is 13.5. The Labute approximate surface area is 144 Å². The maximum Gasteiger partial charge on any atom is 0.243 e. The summed E-state index contributed by atoms with van der Waals surface area (Å²) in [6.07, 6.45) is 4.08. The van der Waals surface area contributed by atoms with Crippen molar-refractivity contribution >= 4 is 22.6 Å². The van der Waals surface area contributed by atoms with Crippen LogP contribution >= 0.6 is 0 Å². The molecule has 1 fully saturated rings. The third kappa shape index (κ3) is 3.10. The molecule has 126 valence electrons. The highest BCUT2D eigenvalue weighted by atomic mass is 16.2. The van der Waals surface area contributed by atoms with Crippen LogP contribution in [0.15, 0.2) is 55.0 Å². The minimum Gasteiger partial charge on any atom is -0.348 e. The molecule has 1 aliphatic rings. The van der Waals surface area contributed by atoms with Crippen LogP contribution < -0.4 is 10.6 Å². The zero-order valence-corrected chi connectivity index (χ0v) is 13.5. The van der Waals surface area contributed by atoms with Crippen LogP contribution in [0.5, 0.6) is 0 Å². The summed E-state index contributed by atoms with van der Waals surface area (Å²) in [6.45, 7) is 0. The fraction of sp³-hybridized carbons (Fsp3) is 0.211. The van der Waals surface area contributed by atoms with E-state index in [1.165, 1.54) is 0 Å². The minimum absolute atomic E-state index is 0.156. The summed E-state index contributed by atoms with van der Waals surface area (Å²) < 4.78 is 0. The predicted octanol–water partition coefficient (Wildman–Crippen LogP) is 1.33. The number of piperazine rings is 1. The number of nitrogens with zero attached hydrogens (tertiary/aromatic N) is 1. The smallest absolute Gasteiger partial charge is 0.243 e. The van der Waals surface area contributed by atoms with E-state index < -0.39 is 12.1 Å². The third-order valence-corrected chi connectivity index (χ3v) is 4.55. The Morgan fingerprint density at radius 1 is 0.880 bits per heavy atom. The molecule has 1 aromatic heterocycles. The van der Waals surface area contributed by atoms with Gasteiger partial charge in [0, 0.05) is 24.7 Å². The van der Waals surface area contributed by atoms with Crippen LogP contribution in [0.4, 0.5) is 0 Å². The molecule has 6 nitrogen and oxygen atoms in total. The molecule has 1 aliphatic heterocycles. The number of carbonyl (C=O) groups excluding carboxylic acids is 2. The number of aromatic amines is 1. The first-order valence-electron chi connectivity index (χ1n) is 8.25. The van der Waals surface area contributed by atoms with Crippen molar-refractivity contribution in [1.29, 1.82) is 0 Å². The molecular weight excluding hydrogens is 316 g/mol. The molecule has 25 heavy (non-hydrogen) atoms. The van der Waals surface area contributed by atoms with Crippen molar-refractivity contribution < 1.29 is 9.59 Å². The molecule has 3 N–H and O–H groups in total. The highest BCUT2D eigenvalue weighted by Gasteiger charge is 2.34. The molecule has 2 heterocycles. The van der Waals surface area contributed by atoms with Crippen molar-refractivity contribution in [2.45, 2.75) is 24.9 Å². The molecule has 0 spiro atoms. The lowest BCUT2D eigenvalue weighted by Crippen LogP contribution is -2.62. The quantitative estimate of drug-likeness (QED) is 0.673. The number of H-pyrrole nitrogens is 1. The Morgan fingerprint density at radius 2 is 1.60 bits per heavy atom. The molecular formula is C19H18N4O2. The fourth-order valence-electron chi connectivity index (χ4n) is 3.27. The Hall–Kier alpha value is -3.15. The van der Waals surface area contributed by atoms with E-state index in [9.17, 15) is 9.59 Å². The molecule has 0 radical (unpaired) electrons. The highest BCUT2D eigenvalue weighted by molar-refractivity contribution is 5.97. The lowest BCUT2D eigenvalue weighted by molar-refractivity contribution is -0.136. The van der Waals surface area contributed by atoms with Gasteiger partial charge in [-0.3, -0.25) is 9.59 Å². The summed E-state index contributed by atoms with van der Waals surface area (Å²) in [5.74, 6) is -0.323. The van der Waals surface area contributed by atoms with Crippen molar-refractivity contribution in [3.8, 4) is 0 Å². The lowest BCUT2D eigenvalue weighted by atomic mass is 9.96. The number of rotatable bonds is 4. The van der Waals surface area contributed by atoms with Gasteiger partial charge in [0.25, 0.3) is 0 Å². The Bertz CT molecular complexity index is 915. The summed E-state index contributed by atoms with van der Waals surface area (Å²) in [4.78, 5) is 31.7. The highest BCUT2D eigenvalue weighted by Crippen LogP contribution is 2.20. The molecule has 1 saturated heterocycles. The van der Waals surface area contributed by atoms with Crippen molar-refractivity contribution in [3.63, 3.8) is 0 Å². The van der Waals surface area contributed by atoms with Crippen LogP contribution in [-0.2, 0) is 22.4 Å². The summed E-state index contributed by atoms with van der Waals surface area (Å²) in [7, 11) is 0. The van der Waals surface area contributed by atoms with Crippen molar-refractivity contribution in [1.82, 2.24) is 20.6 Å². The number of amides is 2. The Balaban J connectivity index is 1.50. The van der Waals surface area contributed by atoms with Gasteiger partial charge >= 0.3 is 0 Å². The minimum atomic E-state index is -0.572. The molecule has 0 aliphatic carbocycles. The van der Waals surface area contributed by atoms with Gasteiger partial charge in [0.1, 0.15) is 12.1 Å². The first-order chi connectivity index (χ1) is 12.2. The van der Waals surface area contributed by atoms with Gasteiger partial charge < -0.3 is 15.6 Å². The number of carbonyl (C=O) groups is 2. The molecule has 2 atom stereocenters. The molecule has 6 heteroatoms. The molecule has 3 aromatic rings. The fourth-order valence-corrected chi connectivity index (χ4v) is 3.27. The molecule has 2 aromatic carbocycles. The number of aromatic nitrogens is 2. The van der Waals surface area contributed by atoms with Crippen LogP contribution in [0.1, 0.15) is 11.3 Å². The van der Waals surface area contributed by atoms with E-state index in [4.69, 9.17) is 0 Å². The average molecular weight is 334 g/mol. The maximum atomic E-state index is 12.5. The van der Waals surface area contributed by atoms with Crippen LogP contribution in [0.25, 0.3) is 10.8 Å². The summed E-state index contributed by atoms with van der Waals surface area (Å²) in [6, 6.07) is 12.9. The lowest BCUT2D eigenvalue weighted by Gasteiger charge is -2.29. The number of imidazole rings is 1. The molecule has 0 saturated carbocycles. The van der Waals surface area contributed by atoms with E-state index >= 15 is 0 Å². The van der Waals surface area contributed by atoms with Crippen LogP contribution in [0.2, 0.25) is 0 Å². The maximum absolute atomic E-state index is 12.5. The van der Waals surface area contributed by atoms with E-state index in [1.807, 2.05) is 42.5 Å². The van der Waals surface area contributed by atoms with E-state index in [0.29, 0.717) is 12.8 Å². The van der Waals surface area contributed by atoms with Gasteiger partial charge in [-0.1, -0.05) is 42.5 Å². The Kier molecular flexibility index (Phi) is 3.93. The predicted molar refractivity (Wildman–Crippen MR) is 93.8 cm³/mol. The molecule has 0 bridgehead atoms. The number of nitrogens with one attached hydrogen (secondary N) is 3.